The van der Waals surface area contributed by atoms with Gasteiger partial charge in [-0.05, 0) is 29.3 Å². The number of nitrogens with zero attached hydrogens (tertiary/aromatic N) is 1. The first kappa shape index (κ1) is 25.2. The number of rotatable bonds is 5. The molecule has 1 aliphatic rings. The molecule has 14 heteroatoms. The Morgan fingerprint density at radius 1 is 0.972 bits per heavy atom. The van der Waals surface area contributed by atoms with Crippen LogP contribution in [0.2, 0.25) is 0 Å². The van der Waals surface area contributed by atoms with E-state index in [9.17, 15) is 40.7 Å². The van der Waals surface area contributed by atoms with E-state index >= 15 is 0 Å². The molecule has 4 rings (SSSR count). The minimum Gasteiger partial charge on any atom is -0.349 e. The number of benzene rings is 2. The molecule has 0 unspecified atom stereocenters. The maximum Gasteiger partial charge on any atom is 0.427 e. The normalized spacial score (nSPS) is 18.1. The number of carbonyl (C=O) groups excluding carboxylic acids is 3. The molecule has 0 spiro atoms. The Labute approximate surface area is 202 Å². The minimum atomic E-state index is -4.88. The number of alkyl halides is 6. The highest BCUT2D eigenvalue weighted by Crippen LogP contribution is 2.40. The fourth-order valence-corrected chi connectivity index (χ4v) is 4.43. The third-order valence-corrected chi connectivity index (χ3v) is 6.25. The van der Waals surface area contributed by atoms with Gasteiger partial charge in [0.05, 0.1) is 17.6 Å². The zero-order chi connectivity index (χ0) is 26.3. The molecule has 4 amide bonds. The first-order chi connectivity index (χ1) is 16.8. The molecule has 1 fully saturated rings. The summed E-state index contributed by atoms with van der Waals surface area (Å²) in [6.07, 6.45) is -9.43. The highest BCUT2D eigenvalue weighted by atomic mass is 32.1. The van der Waals surface area contributed by atoms with Gasteiger partial charge in [0.1, 0.15) is 10.6 Å². The molecule has 0 bridgehead atoms. The van der Waals surface area contributed by atoms with Crippen LogP contribution < -0.4 is 16.0 Å². The first-order valence-electron chi connectivity index (χ1n) is 10.0. The van der Waals surface area contributed by atoms with Crippen LogP contribution in [0.4, 0.5) is 31.1 Å². The third kappa shape index (κ3) is 4.63. The van der Waals surface area contributed by atoms with Crippen LogP contribution in [0, 0.1) is 0 Å². The van der Waals surface area contributed by atoms with E-state index in [-0.39, 0.29) is 28.0 Å². The molecule has 1 aliphatic heterocycles. The molecule has 0 saturated carbocycles. The topological polar surface area (TPSA) is 100 Å². The van der Waals surface area contributed by atoms with E-state index in [1.807, 2.05) is 5.32 Å². The largest absolute Gasteiger partial charge is 0.427 e. The highest BCUT2D eigenvalue weighted by Gasteiger charge is 2.54. The molecule has 1 atom stereocenters. The van der Waals surface area contributed by atoms with Crippen LogP contribution in [0.1, 0.15) is 26.5 Å². The Hall–Kier alpha value is -3.94. The minimum absolute atomic E-state index is 0.0218. The number of carbonyl (C=O) groups is 3. The van der Waals surface area contributed by atoms with Gasteiger partial charge in [-0.25, -0.2) is 9.78 Å². The highest BCUT2D eigenvalue weighted by molar-refractivity contribution is 7.09. The van der Waals surface area contributed by atoms with Crippen molar-refractivity contribution in [3.05, 3.63) is 75.7 Å². The molecular weight excluding hydrogens is 514 g/mol. The second-order valence-electron chi connectivity index (χ2n) is 7.64. The fraction of sp³-hybridized carbons (Fsp3) is 0.182. The van der Waals surface area contributed by atoms with Gasteiger partial charge in [0.15, 0.2) is 5.54 Å². The van der Waals surface area contributed by atoms with Crippen LogP contribution in [-0.2, 0) is 22.7 Å². The van der Waals surface area contributed by atoms with Crippen molar-refractivity contribution >= 4 is 29.2 Å². The number of hydrogen-bond donors (Lipinski definition) is 3. The molecule has 1 aromatic heterocycles. The van der Waals surface area contributed by atoms with E-state index in [0.29, 0.717) is 0 Å². The average molecular weight is 528 g/mol. The Balaban J connectivity index is 1.65. The van der Waals surface area contributed by atoms with Gasteiger partial charge >= 0.3 is 18.4 Å². The predicted octanol–water partition coefficient (Wildman–Crippen LogP) is 4.31. The van der Waals surface area contributed by atoms with Crippen LogP contribution >= 0.6 is 11.3 Å². The number of imide groups is 1. The van der Waals surface area contributed by atoms with Crippen LogP contribution in [0.3, 0.4) is 0 Å². The second kappa shape index (κ2) is 8.93. The van der Waals surface area contributed by atoms with Gasteiger partial charge in [0, 0.05) is 5.56 Å². The van der Waals surface area contributed by atoms with E-state index in [1.54, 1.807) is 6.07 Å². The number of amides is 4. The summed E-state index contributed by atoms with van der Waals surface area (Å²) in [5.74, 6) is -1.98. The van der Waals surface area contributed by atoms with E-state index in [0.717, 1.165) is 17.6 Å². The van der Waals surface area contributed by atoms with Crippen molar-refractivity contribution in [2.75, 3.05) is 6.54 Å². The van der Waals surface area contributed by atoms with Gasteiger partial charge in [0.25, 0.3) is 11.8 Å². The molecular formula is C22H14F6N4O3S. The van der Waals surface area contributed by atoms with Gasteiger partial charge < -0.3 is 10.6 Å². The lowest BCUT2D eigenvalue weighted by molar-refractivity contribution is -0.138. The molecule has 2 aromatic carbocycles. The zero-order valence-corrected chi connectivity index (χ0v) is 18.6. The van der Waals surface area contributed by atoms with Crippen molar-refractivity contribution < 1.29 is 40.7 Å². The van der Waals surface area contributed by atoms with Gasteiger partial charge in [-0.15, -0.1) is 11.3 Å². The summed E-state index contributed by atoms with van der Waals surface area (Å²) >= 11 is 0.218. The average Bonchev–Trinajstić information content (AvgIpc) is 3.42. The van der Waals surface area contributed by atoms with Crippen molar-refractivity contribution in [1.29, 1.82) is 0 Å². The summed E-state index contributed by atoms with van der Waals surface area (Å²) in [6.45, 7) is -0.780. The summed E-state index contributed by atoms with van der Waals surface area (Å²) in [6, 6.07) is 8.81. The van der Waals surface area contributed by atoms with Crippen molar-refractivity contribution in [3.8, 4) is 11.1 Å². The summed E-state index contributed by atoms with van der Waals surface area (Å²) in [4.78, 5) is 39.9. The molecule has 36 heavy (non-hydrogen) atoms. The Morgan fingerprint density at radius 3 is 2.22 bits per heavy atom. The Morgan fingerprint density at radius 2 is 1.64 bits per heavy atom. The number of urea groups is 1. The molecule has 2 heterocycles. The Bertz CT molecular complexity index is 1340. The first-order valence-corrected chi connectivity index (χ1v) is 10.9. The van der Waals surface area contributed by atoms with Crippen molar-refractivity contribution in [3.63, 3.8) is 0 Å². The van der Waals surface area contributed by atoms with Crippen molar-refractivity contribution in [1.82, 2.24) is 20.9 Å². The van der Waals surface area contributed by atoms with Gasteiger partial charge in [-0.3, -0.25) is 14.9 Å². The van der Waals surface area contributed by atoms with Crippen LogP contribution in [0.5, 0.6) is 0 Å². The number of aromatic nitrogens is 1. The third-order valence-electron chi connectivity index (χ3n) is 5.38. The molecule has 3 aromatic rings. The van der Waals surface area contributed by atoms with Gasteiger partial charge in [-0.1, -0.05) is 30.3 Å². The molecule has 7 nitrogen and oxygen atoms in total. The van der Waals surface area contributed by atoms with Gasteiger partial charge in [-0.2, -0.15) is 26.3 Å². The molecule has 1 saturated heterocycles. The van der Waals surface area contributed by atoms with Crippen LogP contribution in [-0.4, -0.2) is 29.4 Å². The molecule has 0 aliphatic carbocycles. The standard InChI is InChI=1S/C22H14F6N4O3S/c23-21(24,25)12-7-5-11(6-8-12)13-3-1-2-4-14(13)17(33)29-9-20(18(34)31-19(35)32-20)15-16(22(26,27)28)36-10-30-15/h1-8,10H,9H2,(H,29,33)(H2,31,32,34,35)/t20-/m1/s1. The van der Waals surface area contributed by atoms with E-state index in [1.165, 1.54) is 30.3 Å². The lowest BCUT2D eigenvalue weighted by Crippen LogP contribution is -2.53. The molecule has 188 valence electrons. The molecule has 3 N–H and O–H groups in total. The second-order valence-corrected chi connectivity index (χ2v) is 8.50. The summed E-state index contributed by atoms with van der Waals surface area (Å²) in [5.41, 5.74) is -2.65. The predicted molar refractivity (Wildman–Crippen MR) is 115 cm³/mol. The summed E-state index contributed by atoms with van der Waals surface area (Å²) in [5, 5.41) is 6.33. The Kier molecular flexibility index (Phi) is 6.24. The fourth-order valence-electron chi connectivity index (χ4n) is 3.70. The molecule has 0 radical (unpaired) electrons. The quantitative estimate of drug-likeness (QED) is 0.340. The number of nitrogens with one attached hydrogen (secondary N) is 3. The van der Waals surface area contributed by atoms with Gasteiger partial charge in [0.2, 0.25) is 0 Å². The lowest BCUT2D eigenvalue weighted by atomic mass is 9.93. The summed E-state index contributed by atoms with van der Waals surface area (Å²) < 4.78 is 79.2. The maximum absolute atomic E-state index is 13.5. The van der Waals surface area contributed by atoms with Crippen molar-refractivity contribution in [2.45, 2.75) is 17.9 Å². The van der Waals surface area contributed by atoms with Crippen LogP contribution in [0.15, 0.2) is 54.0 Å². The lowest BCUT2D eigenvalue weighted by Gasteiger charge is -2.26. The van der Waals surface area contributed by atoms with E-state index < -0.39 is 58.4 Å². The summed E-state index contributed by atoms with van der Waals surface area (Å²) in [7, 11) is 0. The van der Waals surface area contributed by atoms with E-state index in [4.69, 9.17) is 0 Å². The maximum atomic E-state index is 13.5. The zero-order valence-electron chi connectivity index (χ0n) is 17.8. The number of halogens is 6. The van der Waals surface area contributed by atoms with Crippen LogP contribution in [0.25, 0.3) is 11.1 Å². The monoisotopic (exact) mass is 528 g/mol. The number of thiazole rings is 1. The van der Waals surface area contributed by atoms with Crippen molar-refractivity contribution in [2.24, 2.45) is 0 Å². The SMILES string of the molecule is O=C1NC(=O)[C@@](CNC(=O)c2ccccc2-c2ccc(C(F)(F)F)cc2)(c2ncsc2C(F)(F)F)N1. The smallest absolute Gasteiger partial charge is 0.349 e. The number of hydrogen-bond acceptors (Lipinski definition) is 5. The van der Waals surface area contributed by atoms with E-state index in [2.05, 4.69) is 15.6 Å².